The summed E-state index contributed by atoms with van der Waals surface area (Å²) in [5, 5.41) is 6.08. The average Bonchev–Trinajstić information content (AvgIpc) is 2.37. The zero-order valence-corrected chi connectivity index (χ0v) is 11.3. The smallest absolute Gasteiger partial charge is 0.337 e. The van der Waals surface area contributed by atoms with Crippen molar-refractivity contribution in [1.82, 2.24) is 10.6 Å². The molecule has 0 unspecified atom stereocenters. The summed E-state index contributed by atoms with van der Waals surface area (Å²) >= 11 is 5.05. The number of methoxy groups -OCH3 is 1. The summed E-state index contributed by atoms with van der Waals surface area (Å²) < 4.78 is 18.6. The van der Waals surface area contributed by atoms with Gasteiger partial charge in [-0.3, -0.25) is 0 Å². The molecule has 4 nitrogen and oxygen atoms in total. The van der Waals surface area contributed by atoms with Gasteiger partial charge >= 0.3 is 5.97 Å². The zero-order valence-electron chi connectivity index (χ0n) is 10.5. The van der Waals surface area contributed by atoms with Crippen LogP contribution in [0.2, 0.25) is 0 Å². The number of allylic oxidation sites excluding steroid dienone is 1. The van der Waals surface area contributed by atoms with Gasteiger partial charge in [0.15, 0.2) is 5.11 Å². The van der Waals surface area contributed by atoms with E-state index in [-0.39, 0.29) is 0 Å². The molecule has 0 bridgehead atoms. The second-order valence-electron chi connectivity index (χ2n) is 4.08. The molecular formula is C13H13FN2O2S. The van der Waals surface area contributed by atoms with Gasteiger partial charge < -0.3 is 15.4 Å². The Balaban J connectivity index is 2.53. The molecule has 0 spiro atoms. The highest BCUT2D eigenvalue weighted by Gasteiger charge is 2.31. The topological polar surface area (TPSA) is 50.4 Å². The van der Waals surface area contributed by atoms with Gasteiger partial charge in [-0.15, -0.1) is 0 Å². The van der Waals surface area contributed by atoms with Crippen LogP contribution in [0.4, 0.5) is 4.39 Å². The van der Waals surface area contributed by atoms with E-state index in [1.165, 1.54) is 13.2 Å². The van der Waals surface area contributed by atoms with Crippen LogP contribution in [0.3, 0.4) is 0 Å². The molecule has 0 saturated heterocycles. The Kier molecular flexibility index (Phi) is 3.80. The summed E-state index contributed by atoms with van der Waals surface area (Å²) in [4.78, 5) is 11.9. The van der Waals surface area contributed by atoms with Crippen molar-refractivity contribution < 1.29 is 13.9 Å². The highest BCUT2D eigenvalue weighted by molar-refractivity contribution is 7.80. The molecule has 1 aromatic carbocycles. The monoisotopic (exact) mass is 280 g/mol. The number of thiocarbonyl (C=S) groups is 1. The van der Waals surface area contributed by atoms with Crippen LogP contribution in [0.5, 0.6) is 0 Å². The number of ether oxygens (including phenoxy) is 1. The van der Waals surface area contributed by atoms with Crippen molar-refractivity contribution in [2.24, 2.45) is 0 Å². The molecule has 0 aliphatic carbocycles. The lowest BCUT2D eigenvalue weighted by Crippen LogP contribution is -2.45. The summed E-state index contributed by atoms with van der Waals surface area (Å²) in [6.45, 7) is 1.70. The second kappa shape index (κ2) is 5.36. The third-order valence-electron chi connectivity index (χ3n) is 2.89. The Morgan fingerprint density at radius 3 is 2.74 bits per heavy atom. The SMILES string of the molecule is COC(=O)C1=C(C)NC(=S)N[C@@H]1c1ccccc1F. The summed E-state index contributed by atoms with van der Waals surface area (Å²) in [5.41, 5.74) is 1.23. The molecule has 1 aliphatic heterocycles. The van der Waals surface area contributed by atoms with Gasteiger partial charge in [-0.05, 0) is 25.2 Å². The Labute approximate surface area is 115 Å². The van der Waals surface area contributed by atoms with Crippen LogP contribution < -0.4 is 10.6 Å². The first-order valence-electron chi connectivity index (χ1n) is 5.65. The highest BCUT2D eigenvalue weighted by Crippen LogP contribution is 2.28. The van der Waals surface area contributed by atoms with E-state index in [9.17, 15) is 9.18 Å². The molecule has 6 heteroatoms. The number of hydrogen-bond acceptors (Lipinski definition) is 3. The third-order valence-corrected chi connectivity index (χ3v) is 3.11. The van der Waals surface area contributed by atoms with Gasteiger partial charge in [-0.25, -0.2) is 9.18 Å². The van der Waals surface area contributed by atoms with E-state index in [1.54, 1.807) is 25.1 Å². The van der Waals surface area contributed by atoms with Crippen LogP contribution in [0.25, 0.3) is 0 Å². The maximum absolute atomic E-state index is 13.9. The minimum absolute atomic E-state index is 0.321. The van der Waals surface area contributed by atoms with Crippen LogP contribution in [0, 0.1) is 5.82 Å². The molecule has 2 N–H and O–H groups in total. The molecule has 1 heterocycles. The van der Waals surface area contributed by atoms with Crippen molar-refractivity contribution in [3.63, 3.8) is 0 Å². The molecule has 1 atom stereocenters. The first-order chi connectivity index (χ1) is 9.04. The Hall–Kier alpha value is -1.95. The summed E-state index contributed by atoms with van der Waals surface area (Å²) in [6, 6.07) is 5.59. The van der Waals surface area contributed by atoms with Crippen LogP contribution in [-0.2, 0) is 9.53 Å². The van der Waals surface area contributed by atoms with Gasteiger partial charge in [0.1, 0.15) is 5.82 Å². The van der Waals surface area contributed by atoms with Crippen molar-refractivity contribution in [3.05, 3.63) is 46.9 Å². The minimum Gasteiger partial charge on any atom is -0.466 e. The van der Waals surface area contributed by atoms with Gasteiger partial charge in [0, 0.05) is 11.3 Å². The maximum Gasteiger partial charge on any atom is 0.337 e. The molecule has 2 rings (SSSR count). The number of nitrogens with one attached hydrogen (secondary N) is 2. The Morgan fingerprint density at radius 1 is 1.42 bits per heavy atom. The van der Waals surface area contributed by atoms with Gasteiger partial charge in [-0.2, -0.15) is 0 Å². The number of carbonyl (C=O) groups is 1. The molecule has 100 valence electrons. The first kappa shape index (κ1) is 13.5. The quantitative estimate of drug-likeness (QED) is 0.639. The number of esters is 1. The Bertz CT molecular complexity index is 572. The van der Waals surface area contributed by atoms with Gasteiger partial charge in [0.25, 0.3) is 0 Å². The lowest BCUT2D eigenvalue weighted by molar-refractivity contribution is -0.136. The molecule has 19 heavy (non-hydrogen) atoms. The van der Waals surface area contributed by atoms with E-state index < -0.39 is 17.8 Å². The van der Waals surface area contributed by atoms with E-state index in [0.29, 0.717) is 21.9 Å². The summed E-state index contributed by atoms with van der Waals surface area (Å²) in [6.07, 6.45) is 0. The molecular weight excluding hydrogens is 267 g/mol. The number of carbonyl (C=O) groups excluding carboxylic acids is 1. The van der Waals surface area contributed by atoms with E-state index in [0.717, 1.165) is 0 Å². The standard InChI is InChI=1S/C13H13FN2O2S/c1-7-10(12(17)18-2)11(16-13(19)15-7)8-5-3-4-6-9(8)14/h3-6,11H,1-2H3,(H2,15,16,19)/t11-/m1/s1. The Morgan fingerprint density at radius 2 is 2.11 bits per heavy atom. The van der Waals surface area contributed by atoms with Gasteiger partial charge in [0.2, 0.25) is 0 Å². The van der Waals surface area contributed by atoms with Crippen molar-refractivity contribution in [1.29, 1.82) is 0 Å². The number of halogens is 1. The highest BCUT2D eigenvalue weighted by atomic mass is 32.1. The predicted molar refractivity (Wildman–Crippen MR) is 72.7 cm³/mol. The third kappa shape index (κ3) is 2.58. The lowest BCUT2D eigenvalue weighted by atomic mass is 9.95. The van der Waals surface area contributed by atoms with E-state index >= 15 is 0 Å². The van der Waals surface area contributed by atoms with Gasteiger partial charge in [-0.1, -0.05) is 18.2 Å². The maximum atomic E-state index is 13.9. The fourth-order valence-corrected chi connectivity index (χ4v) is 2.29. The normalized spacial score (nSPS) is 18.7. The average molecular weight is 280 g/mol. The largest absolute Gasteiger partial charge is 0.466 e. The second-order valence-corrected chi connectivity index (χ2v) is 4.49. The van der Waals surface area contributed by atoms with Crippen LogP contribution in [0.1, 0.15) is 18.5 Å². The predicted octanol–water partition coefficient (Wildman–Crippen LogP) is 1.79. The van der Waals surface area contributed by atoms with Crippen LogP contribution in [-0.4, -0.2) is 18.2 Å². The molecule has 0 radical (unpaired) electrons. The molecule has 0 fully saturated rings. The zero-order chi connectivity index (χ0) is 14.0. The molecule has 1 aromatic rings. The van der Waals surface area contributed by atoms with Crippen LogP contribution in [0.15, 0.2) is 35.5 Å². The number of hydrogen-bond donors (Lipinski definition) is 2. The summed E-state index contributed by atoms with van der Waals surface area (Å²) in [7, 11) is 1.29. The first-order valence-corrected chi connectivity index (χ1v) is 6.06. The van der Waals surface area contributed by atoms with Crippen molar-refractivity contribution >= 4 is 23.3 Å². The van der Waals surface area contributed by atoms with E-state index in [2.05, 4.69) is 10.6 Å². The number of benzene rings is 1. The fraction of sp³-hybridized carbons (Fsp3) is 0.231. The number of rotatable bonds is 2. The van der Waals surface area contributed by atoms with Crippen molar-refractivity contribution in [2.75, 3.05) is 7.11 Å². The molecule has 1 aliphatic rings. The van der Waals surface area contributed by atoms with E-state index in [1.807, 2.05) is 0 Å². The van der Waals surface area contributed by atoms with Crippen molar-refractivity contribution in [2.45, 2.75) is 13.0 Å². The lowest BCUT2D eigenvalue weighted by Gasteiger charge is -2.29. The summed E-state index contributed by atoms with van der Waals surface area (Å²) in [5.74, 6) is -0.924. The van der Waals surface area contributed by atoms with Crippen LogP contribution >= 0.6 is 12.2 Å². The van der Waals surface area contributed by atoms with Crippen molar-refractivity contribution in [3.8, 4) is 0 Å². The molecule has 0 amide bonds. The minimum atomic E-state index is -0.651. The van der Waals surface area contributed by atoms with E-state index in [4.69, 9.17) is 17.0 Å². The van der Waals surface area contributed by atoms with Gasteiger partial charge in [0.05, 0.1) is 18.7 Å². The molecule has 0 aromatic heterocycles. The fourth-order valence-electron chi connectivity index (χ4n) is 2.02. The molecule has 0 saturated carbocycles.